The first-order valence-electron chi connectivity index (χ1n) is 7.11. The summed E-state index contributed by atoms with van der Waals surface area (Å²) in [6, 6.07) is 0.308. The van der Waals surface area contributed by atoms with Gasteiger partial charge in [-0.1, -0.05) is 0 Å². The van der Waals surface area contributed by atoms with Crippen LogP contribution in [0.2, 0.25) is 0 Å². The van der Waals surface area contributed by atoms with Crippen LogP contribution in [0.3, 0.4) is 0 Å². The zero-order chi connectivity index (χ0) is 13.9. The van der Waals surface area contributed by atoms with Gasteiger partial charge in [-0.25, -0.2) is 4.98 Å². The van der Waals surface area contributed by atoms with E-state index in [2.05, 4.69) is 26.9 Å². The Labute approximate surface area is 118 Å². The Balaban J connectivity index is 1.66. The van der Waals surface area contributed by atoms with Gasteiger partial charge in [0.15, 0.2) is 0 Å². The summed E-state index contributed by atoms with van der Waals surface area (Å²) in [6.07, 6.45) is 8.84. The van der Waals surface area contributed by atoms with Crippen LogP contribution in [0.25, 0.3) is 0 Å². The molecule has 0 saturated carbocycles. The predicted octanol–water partition coefficient (Wildman–Crippen LogP) is 1.26. The van der Waals surface area contributed by atoms with Crippen LogP contribution in [-0.4, -0.2) is 32.0 Å². The van der Waals surface area contributed by atoms with Crippen molar-refractivity contribution in [2.75, 3.05) is 6.61 Å². The minimum atomic E-state index is 0.0432. The largest absolute Gasteiger partial charge is 0.369 e. The molecule has 0 spiro atoms. The van der Waals surface area contributed by atoms with E-state index in [1.54, 1.807) is 0 Å². The van der Waals surface area contributed by atoms with Gasteiger partial charge in [-0.3, -0.25) is 4.68 Å². The van der Waals surface area contributed by atoms with Gasteiger partial charge in [0.05, 0.1) is 6.20 Å². The van der Waals surface area contributed by atoms with E-state index in [0.29, 0.717) is 6.04 Å². The molecule has 3 rings (SSSR count). The van der Waals surface area contributed by atoms with Gasteiger partial charge >= 0.3 is 0 Å². The third-order valence-corrected chi connectivity index (χ3v) is 3.76. The molecule has 0 aromatic carbocycles. The third kappa shape index (κ3) is 2.62. The Morgan fingerprint density at radius 3 is 3.15 bits per heavy atom. The average Bonchev–Trinajstić information content (AvgIpc) is 3.15. The molecule has 20 heavy (non-hydrogen) atoms. The molecule has 0 unspecified atom stereocenters. The van der Waals surface area contributed by atoms with Crippen LogP contribution in [-0.2, 0) is 24.9 Å². The van der Waals surface area contributed by atoms with Crippen molar-refractivity contribution in [3.8, 4) is 0 Å². The first kappa shape index (κ1) is 13.3. The number of aromatic nitrogens is 4. The monoisotopic (exact) mass is 275 g/mol. The summed E-state index contributed by atoms with van der Waals surface area (Å²) >= 11 is 0. The zero-order valence-electron chi connectivity index (χ0n) is 12.0. The van der Waals surface area contributed by atoms with Crippen LogP contribution in [0.4, 0.5) is 0 Å². The van der Waals surface area contributed by atoms with Gasteiger partial charge in [0, 0.05) is 56.9 Å². The Morgan fingerprint density at radius 1 is 1.50 bits per heavy atom. The van der Waals surface area contributed by atoms with E-state index in [9.17, 15) is 0 Å². The Morgan fingerprint density at radius 2 is 2.40 bits per heavy atom. The van der Waals surface area contributed by atoms with Gasteiger partial charge in [-0.2, -0.15) is 5.10 Å². The molecule has 2 aromatic rings. The van der Waals surface area contributed by atoms with E-state index >= 15 is 0 Å². The van der Waals surface area contributed by atoms with Crippen LogP contribution >= 0.6 is 0 Å². The second-order valence-corrected chi connectivity index (χ2v) is 5.16. The molecule has 0 amide bonds. The van der Waals surface area contributed by atoms with E-state index in [4.69, 9.17) is 4.74 Å². The normalized spacial score (nSPS) is 22.5. The maximum absolute atomic E-state index is 5.88. The average molecular weight is 275 g/mol. The first-order valence-corrected chi connectivity index (χ1v) is 7.11. The maximum Gasteiger partial charge on any atom is 0.139 e. The van der Waals surface area contributed by atoms with Gasteiger partial charge in [-0.15, -0.1) is 0 Å². The van der Waals surface area contributed by atoms with Crippen molar-refractivity contribution in [1.82, 2.24) is 24.6 Å². The van der Waals surface area contributed by atoms with E-state index in [-0.39, 0.29) is 6.10 Å². The summed E-state index contributed by atoms with van der Waals surface area (Å²) in [4.78, 5) is 4.46. The van der Waals surface area contributed by atoms with Crippen molar-refractivity contribution in [3.63, 3.8) is 0 Å². The summed E-state index contributed by atoms with van der Waals surface area (Å²) in [5.41, 5.74) is 1.19. The highest BCUT2D eigenvalue weighted by Crippen LogP contribution is 2.28. The lowest BCUT2D eigenvalue weighted by Gasteiger charge is -2.20. The standard InChI is InChI=1S/C14H21N5O/c1-3-19-6-5-15-14(19)13-12(4-7-20-13)16-8-11-9-17-18(2)10-11/h5-6,9-10,12-13,16H,3-4,7-8H2,1-2H3/t12-,13-/m0/s1. The first-order chi connectivity index (χ1) is 9.78. The Kier molecular flexibility index (Phi) is 3.84. The molecule has 6 nitrogen and oxygen atoms in total. The maximum atomic E-state index is 5.88. The fourth-order valence-corrected chi connectivity index (χ4v) is 2.71. The highest BCUT2D eigenvalue weighted by molar-refractivity contribution is 5.06. The molecule has 1 aliphatic heterocycles. The molecular formula is C14H21N5O. The molecule has 0 aliphatic carbocycles. The van der Waals surface area contributed by atoms with Gasteiger partial charge < -0.3 is 14.6 Å². The number of hydrogen-bond donors (Lipinski definition) is 1. The minimum Gasteiger partial charge on any atom is -0.369 e. The molecule has 6 heteroatoms. The molecule has 2 atom stereocenters. The molecule has 0 radical (unpaired) electrons. The van der Waals surface area contributed by atoms with Crippen LogP contribution in [0, 0.1) is 0 Å². The summed E-state index contributed by atoms with van der Waals surface area (Å²) in [7, 11) is 1.93. The minimum absolute atomic E-state index is 0.0432. The molecule has 1 fully saturated rings. The third-order valence-electron chi connectivity index (χ3n) is 3.76. The summed E-state index contributed by atoms with van der Waals surface area (Å²) in [5.74, 6) is 1.02. The second kappa shape index (κ2) is 5.76. The molecule has 108 valence electrons. The van der Waals surface area contributed by atoms with Crippen LogP contribution in [0.1, 0.15) is 30.8 Å². The number of aryl methyl sites for hydroxylation is 2. The molecule has 1 saturated heterocycles. The second-order valence-electron chi connectivity index (χ2n) is 5.16. The molecule has 3 heterocycles. The topological polar surface area (TPSA) is 56.9 Å². The van der Waals surface area contributed by atoms with E-state index < -0.39 is 0 Å². The zero-order valence-corrected chi connectivity index (χ0v) is 12.0. The number of nitrogens with zero attached hydrogens (tertiary/aromatic N) is 4. The highest BCUT2D eigenvalue weighted by Gasteiger charge is 2.32. The number of ether oxygens (including phenoxy) is 1. The number of rotatable bonds is 5. The van der Waals surface area contributed by atoms with E-state index in [1.807, 2.05) is 36.5 Å². The van der Waals surface area contributed by atoms with Gasteiger partial charge in [0.25, 0.3) is 0 Å². The number of imidazole rings is 1. The summed E-state index contributed by atoms with van der Waals surface area (Å²) in [5, 5.41) is 7.76. The van der Waals surface area contributed by atoms with E-state index in [0.717, 1.165) is 31.9 Å². The van der Waals surface area contributed by atoms with E-state index in [1.165, 1.54) is 5.56 Å². The Hall–Kier alpha value is -1.66. The molecule has 2 aromatic heterocycles. The Bertz CT molecular complexity index is 561. The fraction of sp³-hybridized carbons (Fsp3) is 0.571. The highest BCUT2D eigenvalue weighted by atomic mass is 16.5. The van der Waals surface area contributed by atoms with Crippen molar-refractivity contribution < 1.29 is 4.74 Å². The van der Waals surface area contributed by atoms with Crippen molar-refractivity contribution in [3.05, 3.63) is 36.2 Å². The lowest BCUT2D eigenvalue weighted by Crippen LogP contribution is -2.32. The molecule has 1 N–H and O–H groups in total. The lowest BCUT2D eigenvalue weighted by molar-refractivity contribution is 0.0886. The van der Waals surface area contributed by atoms with Crippen molar-refractivity contribution in [1.29, 1.82) is 0 Å². The number of hydrogen-bond acceptors (Lipinski definition) is 4. The lowest BCUT2D eigenvalue weighted by atomic mass is 10.1. The van der Waals surface area contributed by atoms with Crippen molar-refractivity contribution in [2.24, 2.45) is 7.05 Å². The van der Waals surface area contributed by atoms with Crippen molar-refractivity contribution in [2.45, 2.75) is 38.6 Å². The SMILES string of the molecule is CCn1ccnc1[C@H]1OCC[C@@H]1NCc1cnn(C)c1. The van der Waals surface area contributed by atoms with Gasteiger partial charge in [0.2, 0.25) is 0 Å². The van der Waals surface area contributed by atoms with Crippen LogP contribution in [0.5, 0.6) is 0 Å². The fourth-order valence-electron chi connectivity index (χ4n) is 2.71. The van der Waals surface area contributed by atoms with Gasteiger partial charge in [0.1, 0.15) is 11.9 Å². The summed E-state index contributed by atoms with van der Waals surface area (Å²) < 4.78 is 9.85. The number of nitrogens with one attached hydrogen (secondary N) is 1. The smallest absolute Gasteiger partial charge is 0.139 e. The van der Waals surface area contributed by atoms with Crippen LogP contribution < -0.4 is 5.32 Å². The van der Waals surface area contributed by atoms with Crippen molar-refractivity contribution >= 4 is 0 Å². The molecule has 1 aliphatic rings. The molecular weight excluding hydrogens is 254 g/mol. The van der Waals surface area contributed by atoms with Gasteiger partial charge in [-0.05, 0) is 13.3 Å². The summed E-state index contributed by atoms with van der Waals surface area (Å²) in [6.45, 7) is 4.64. The quantitative estimate of drug-likeness (QED) is 0.892. The van der Waals surface area contributed by atoms with Crippen LogP contribution in [0.15, 0.2) is 24.8 Å². The predicted molar refractivity (Wildman–Crippen MR) is 75.0 cm³/mol. The molecule has 0 bridgehead atoms.